The first-order valence-electron chi connectivity index (χ1n) is 6.23. The molecule has 0 radical (unpaired) electrons. The van der Waals surface area contributed by atoms with E-state index in [-0.39, 0.29) is 11.5 Å². The Hall–Kier alpha value is -2.29. The summed E-state index contributed by atoms with van der Waals surface area (Å²) in [5, 5.41) is 9.34. The largest absolute Gasteiger partial charge is 0.508 e. The van der Waals surface area contributed by atoms with Gasteiger partial charge in [-0.2, -0.15) is 0 Å². The number of Topliss-reactive ketones (excluding diaryl/α,β-unsaturated/α-hetero) is 1. The maximum Gasteiger partial charge on any atom is 0.162 e. The summed E-state index contributed by atoms with van der Waals surface area (Å²) in [4.78, 5) is 11.5. The van der Waals surface area contributed by atoms with E-state index in [1.165, 1.54) is 0 Å². The Balaban J connectivity index is 1.98. The molecule has 3 heteroatoms. The Morgan fingerprint density at radius 1 is 1.16 bits per heavy atom. The third-order valence-corrected chi connectivity index (χ3v) is 2.81. The lowest BCUT2D eigenvalue weighted by Gasteiger charge is -2.07. The first kappa shape index (κ1) is 13.1. The summed E-state index contributed by atoms with van der Waals surface area (Å²) in [6, 6.07) is 14.0. The monoisotopic (exact) mass is 256 g/mol. The van der Waals surface area contributed by atoms with Crippen LogP contribution in [0.2, 0.25) is 0 Å². The van der Waals surface area contributed by atoms with Crippen molar-refractivity contribution in [2.75, 3.05) is 0 Å². The summed E-state index contributed by atoms with van der Waals surface area (Å²) in [7, 11) is 0. The van der Waals surface area contributed by atoms with Crippen LogP contribution < -0.4 is 4.74 Å². The summed E-state index contributed by atoms with van der Waals surface area (Å²) in [6.45, 7) is 2.23. The molecular weight excluding hydrogens is 240 g/mol. The van der Waals surface area contributed by atoms with Crippen LogP contribution in [0.1, 0.15) is 29.3 Å². The van der Waals surface area contributed by atoms with E-state index in [9.17, 15) is 9.90 Å². The minimum Gasteiger partial charge on any atom is -0.508 e. The quantitative estimate of drug-likeness (QED) is 0.832. The number of ether oxygens (including phenoxy) is 1. The number of carbonyl (C=O) groups is 1. The third-order valence-electron chi connectivity index (χ3n) is 2.81. The molecule has 0 aliphatic rings. The molecule has 0 aliphatic carbocycles. The first-order valence-corrected chi connectivity index (χ1v) is 6.23. The molecule has 0 heterocycles. The fourth-order valence-corrected chi connectivity index (χ4v) is 1.75. The second-order valence-electron chi connectivity index (χ2n) is 4.26. The Kier molecular flexibility index (Phi) is 4.18. The zero-order valence-corrected chi connectivity index (χ0v) is 10.8. The molecule has 1 N–H and O–H groups in total. The van der Waals surface area contributed by atoms with Gasteiger partial charge in [-0.1, -0.05) is 19.1 Å². The zero-order valence-electron chi connectivity index (χ0n) is 10.8. The van der Waals surface area contributed by atoms with E-state index in [1.54, 1.807) is 42.5 Å². The van der Waals surface area contributed by atoms with E-state index in [4.69, 9.17) is 4.74 Å². The SMILES string of the molecule is CCC(=O)c1ccc(OCc2cccc(O)c2)cc1. The number of hydrogen-bond donors (Lipinski definition) is 1. The molecule has 98 valence electrons. The van der Waals surface area contributed by atoms with Crippen LogP contribution in [0.4, 0.5) is 0 Å². The van der Waals surface area contributed by atoms with E-state index in [0.717, 1.165) is 5.56 Å². The van der Waals surface area contributed by atoms with Gasteiger partial charge in [-0.15, -0.1) is 0 Å². The molecule has 0 fully saturated rings. The van der Waals surface area contributed by atoms with Gasteiger partial charge in [-0.05, 0) is 42.0 Å². The molecule has 0 saturated carbocycles. The van der Waals surface area contributed by atoms with Crippen LogP contribution in [0.5, 0.6) is 11.5 Å². The van der Waals surface area contributed by atoms with Gasteiger partial charge in [0.15, 0.2) is 5.78 Å². The lowest BCUT2D eigenvalue weighted by Crippen LogP contribution is -1.98. The number of phenols is 1. The van der Waals surface area contributed by atoms with Crippen LogP contribution in [0, 0.1) is 0 Å². The topological polar surface area (TPSA) is 46.5 Å². The van der Waals surface area contributed by atoms with Crippen LogP contribution in [0.25, 0.3) is 0 Å². The molecule has 2 aromatic carbocycles. The number of aromatic hydroxyl groups is 1. The summed E-state index contributed by atoms with van der Waals surface area (Å²) >= 11 is 0. The molecule has 0 spiro atoms. The number of carbonyl (C=O) groups excluding carboxylic acids is 1. The number of hydrogen-bond acceptors (Lipinski definition) is 3. The van der Waals surface area contributed by atoms with Crippen LogP contribution >= 0.6 is 0 Å². The predicted molar refractivity (Wildman–Crippen MR) is 73.5 cm³/mol. The Morgan fingerprint density at radius 2 is 1.89 bits per heavy atom. The van der Waals surface area contributed by atoms with E-state index < -0.39 is 0 Å². The van der Waals surface area contributed by atoms with Gasteiger partial charge < -0.3 is 9.84 Å². The average Bonchev–Trinajstić information content (AvgIpc) is 2.45. The highest BCUT2D eigenvalue weighted by molar-refractivity contribution is 5.95. The van der Waals surface area contributed by atoms with Crippen molar-refractivity contribution in [3.05, 3.63) is 59.7 Å². The van der Waals surface area contributed by atoms with Crippen molar-refractivity contribution in [1.82, 2.24) is 0 Å². The minimum absolute atomic E-state index is 0.125. The fourth-order valence-electron chi connectivity index (χ4n) is 1.75. The Bertz CT molecular complexity index is 558. The van der Waals surface area contributed by atoms with Crippen LogP contribution in [-0.2, 0) is 6.61 Å². The fraction of sp³-hybridized carbons (Fsp3) is 0.188. The molecule has 3 nitrogen and oxygen atoms in total. The van der Waals surface area contributed by atoms with Crippen molar-refractivity contribution in [2.45, 2.75) is 20.0 Å². The highest BCUT2D eigenvalue weighted by Gasteiger charge is 2.03. The maximum atomic E-state index is 11.5. The van der Waals surface area contributed by atoms with E-state index in [1.807, 2.05) is 13.0 Å². The van der Waals surface area contributed by atoms with Crippen molar-refractivity contribution in [3.8, 4) is 11.5 Å². The van der Waals surface area contributed by atoms with Crippen LogP contribution in [0.3, 0.4) is 0 Å². The maximum absolute atomic E-state index is 11.5. The van der Waals surface area contributed by atoms with Crippen LogP contribution in [0.15, 0.2) is 48.5 Å². The van der Waals surface area contributed by atoms with Gasteiger partial charge in [0.2, 0.25) is 0 Å². The number of ketones is 1. The molecule has 0 aromatic heterocycles. The number of phenolic OH excluding ortho intramolecular Hbond substituents is 1. The van der Waals surface area contributed by atoms with Crippen LogP contribution in [-0.4, -0.2) is 10.9 Å². The van der Waals surface area contributed by atoms with Gasteiger partial charge in [0, 0.05) is 12.0 Å². The normalized spacial score (nSPS) is 10.2. The molecular formula is C16H16O3. The summed E-state index contributed by atoms with van der Waals surface area (Å²) in [5.41, 5.74) is 1.60. The Labute approximate surface area is 112 Å². The third kappa shape index (κ3) is 3.58. The highest BCUT2D eigenvalue weighted by Crippen LogP contribution is 2.17. The average molecular weight is 256 g/mol. The van der Waals surface area contributed by atoms with E-state index >= 15 is 0 Å². The summed E-state index contributed by atoms with van der Waals surface area (Å²) < 4.78 is 5.59. The van der Waals surface area contributed by atoms with Crippen molar-refractivity contribution >= 4 is 5.78 Å². The zero-order chi connectivity index (χ0) is 13.7. The second-order valence-corrected chi connectivity index (χ2v) is 4.26. The molecule has 2 aromatic rings. The minimum atomic E-state index is 0.125. The van der Waals surface area contributed by atoms with Crippen molar-refractivity contribution < 1.29 is 14.6 Å². The van der Waals surface area contributed by atoms with Crippen molar-refractivity contribution in [3.63, 3.8) is 0 Å². The smallest absolute Gasteiger partial charge is 0.162 e. The number of rotatable bonds is 5. The van der Waals surface area contributed by atoms with Gasteiger partial charge in [0.05, 0.1) is 0 Å². The standard InChI is InChI=1S/C16H16O3/c1-2-16(18)13-6-8-15(9-7-13)19-11-12-4-3-5-14(17)10-12/h3-10,17H,2,11H2,1H3. The summed E-state index contributed by atoms with van der Waals surface area (Å²) in [5.74, 6) is 1.06. The van der Waals surface area contributed by atoms with Crippen molar-refractivity contribution in [1.29, 1.82) is 0 Å². The van der Waals surface area contributed by atoms with Gasteiger partial charge in [-0.25, -0.2) is 0 Å². The van der Waals surface area contributed by atoms with Gasteiger partial charge in [0.1, 0.15) is 18.1 Å². The molecule has 0 aliphatic heterocycles. The predicted octanol–water partition coefficient (Wildman–Crippen LogP) is 3.56. The van der Waals surface area contributed by atoms with Crippen molar-refractivity contribution in [2.24, 2.45) is 0 Å². The molecule has 0 amide bonds. The lowest BCUT2D eigenvalue weighted by molar-refractivity contribution is 0.0988. The molecule has 0 saturated heterocycles. The van der Waals surface area contributed by atoms with Gasteiger partial charge in [-0.3, -0.25) is 4.79 Å². The second kappa shape index (κ2) is 6.05. The Morgan fingerprint density at radius 3 is 2.53 bits per heavy atom. The first-order chi connectivity index (χ1) is 9.19. The van der Waals surface area contributed by atoms with E-state index in [0.29, 0.717) is 24.3 Å². The molecule has 2 rings (SSSR count). The van der Waals surface area contributed by atoms with Gasteiger partial charge in [0.25, 0.3) is 0 Å². The highest BCUT2D eigenvalue weighted by atomic mass is 16.5. The molecule has 0 atom stereocenters. The van der Waals surface area contributed by atoms with Gasteiger partial charge >= 0.3 is 0 Å². The van der Waals surface area contributed by atoms with E-state index in [2.05, 4.69) is 0 Å². The molecule has 0 unspecified atom stereocenters. The molecule has 0 bridgehead atoms. The molecule has 19 heavy (non-hydrogen) atoms. The number of benzene rings is 2. The lowest BCUT2D eigenvalue weighted by atomic mass is 10.1. The summed E-state index contributed by atoms with van der Waals surface area (Å²) in [6.07, 6.45) is 0.503.